The monoisotopic (exact) mass is 361 g/mol. The van der Waals surface area contributed by atoms with Gasteiger partial charge in [0.05, 0.1) is 29.5 Å². The van der Waals surface area contributed by atoms with E-state index in [0.29, 0.717) is 30.0 Å². The number of aromatic nitrogens is 2. The lowest BCUT2D eigenvalue weighted by atomic mass is 10.0. The minimum absolute atomic E-state index is 0.00226. The van der Waals surface area contributed by atoms with Gasteiger partial charge in [-0.1, -0.05) is 18.2 Å². The van der Waals surface area contributed by atoms with Gasteiger partial charge in [0.25, 0.3) is 5.91 Å². The van der Waals surface area contributed by atoms with Crippen molar-refractivity contribution in [2.75, 3.05) is 29.9 Å². The van der Waals surface area contributed by atoms with E-state index in [4.69, 9.17) is 0 Å². The molecule has 0 bridgehead atoms. The van der Waals surface area contributed by atoms with E-state index in [1.807, 2.05) is 42.2 Å². The SMILES string of the molecule is Cc1ccc2cccnc2c1C(=O)Nc1ccc(N2CCNC(=O)C2)cn1. The number of pyridine rings is 2. The van der Waals surface area contributed by atoms with Crippen LogP contribution in [0.3, 0.4) is 0 Å². The van der Waals surface area contributed by atoms with Gasteiger partial charge in [-0.3, -0.25) is 14.6 Å². The first kappa shape index (κ1) is 17.0. The normalized spacial score (nSPS) is 14.1. The Kier molecular flexibility index (Phi) is 4.42. The van der Waals surface area contributed by atoms with Crippen LogP contribution >= 0.6 is 0 Å². The van der Waals surface area contributed by atoms with Crippen LogP contribution in [0.2, 0.25) is 0 Å². The number of carbonyl (C=O) groups excluding carboxylic acids is 2. The molecule has 1 saturated heterocycles. The van der Waals surface area contributed by atoms with Crippen molar-refractivity contribution >= 4 is 34.2 Å². The highest BCUT2D eigenvalue weighted by Crippen LogP contribution is 2.22. The Hall–Kier alpha value is -3.48. The van der Waals surface area contributed by atoms with Crippen molar-refractivity contribution in [2.24, 2.45) is 0 Å². The molecule has 2 amide bonds. The fourth-order valence-corrected chi connectivity index (χ4v) is 3.22. The van der Waals surface area contributed by atoms with Gasteiger partial charge in [0, 0.05) is 24.7 Å². The summed E-state index contributed by atoms with van der Waals surface area (Å²) in [6.07, 6.45) is 3.35. The summed E-state index contributed by atoms with van der Waals surface area (Å²) in [5, 5.41) is 6.55. The van der Waals surface area contributed by atoms with E-state index >= 15 is 0 Å². The van der Waals surface area contributed by atoms with Crippen molar-refractivity contribution in [1.82, 2.24) is 15.3 Å². The van der Waals surface area contributed by atoms with E-state index in [1.165, 1.54) is 0 Å². The zero-order chi connectivity index (χ0) is 18.8. The second kappa shape index (κ2) is 7.03. The molecule has 2 aromatic heterocycles. The number of piperazine rings is 1. The van der Waals surface area contributed by atoms with Crippen LogP contribution in [0, 0.1) is 6.92 Å². The minimum Gasteiger partial charge on any atom is -0.359 e. The predicted molar refractivity (Wildman–Crippen MR) is 104 cm³/mol. The molecule has 0 unspecified atom stereocenters. The Labute approximate surface area is 156 Å². The molecule has 1 aliphatic heterocycles. The Morgan fingerprint density at radius 2 is 2.07 bits per heavy atom. The minimum atomic E-state index is -0.241. The zero-order valence-corrected chi connectivity index (χ0v) is 14.9. The number of rotatable bonds is 3. The van der Waals surface area contributed by atoms with Crippen molar-refractivity contribution in [2.45, 2.75) is 6.92 Å². The number of aryl methyl sites for hydroxylation is 1. The largest absolute Gasteiger partial charge is 0.359 e. The number of nitrogens with one attached hydrogen (secondary N) is 2. The molecule has 1 aliphatic rings. The molecule has 2 N–H and O–H groups in total. The Morgan fingerprint density at radius 1 is 1.19 bits per heavy atom. The summed E-state index contributed by atoms with van der Waals surface area (Å²) in [4.78, 5) is 35.0. The van der Waals surface area contributed by atoms with Crippen molar-refractivity contribution in [1.29, 1.82) is 0 Å². The number of fused-ring (bicyclic) bond motifs is 1. The summed E-state index contributed by atoms with van der Waals surface area (Å²) < 4.78 is 0. The molecule has 0 aliphatic carbocycles. The van der Waals surface area contributed by atoms with E-state index in [2.05, 4.69) is 20.6 Å². The number of nitrogens with zero attached hydrogens (tertiary/aromatic N) is 3. The smallest absolute Gasteiger partial charge is 0.259 e. The summed E-state index contributed by atoms with van der Waals surface area (Å²) in [6.45, 7) is 3.56. The lowest BCUT2D eigenvalue weighted by Crippen LogP contribution is -2.47. The summed E-state index contributed by atoms with van der Waals surface area (Å²) in [5.41, 5.74) is 2.93. The molecule has 1 fully saturated rings. The number of hydrogen-bond acceptors (Lipinski definition) is 5. The lowest BCUT2D eigenvalue weighted by molar-refractivity contribution is -0.120. The van der Waals surface area contributed by atoms with Gasteiger partial charge in [-0.15, -0.1) is 0 Å². The Morgan fingerprint density at radius 3 is 2.85 bits per heavy atom. The van der Waals surface area contributed by atoms with Crippen molar-refractivity contribution in [3.05, 3.63) is 59.9 Å². The number of carbonyl (C=O) groups is 2. The summed E-state index contributed by atoms with van der Waals surface area (Å²) in [7, 11) is 0. The third kappa shape index (κ3) is 3.44. The Bertz CT molecular complexity index is 1020. The quantitative estimate of drug-likeness (QED) is 0.746. The van der Waals surface area contributed by atoms with E-state index in [-0.39, 0.29) is 11.8 Å². The predicted octanol–water partition coefficient (Wildman–Crippen LogP) is 2.13. The van der Waals surface area contributed by atoms with Gasteiger partial charge in [0.1, 0.15) is 5.82 Å². The summed E-state index contributed by atoms with van der Waals surface area (Å²) in [6, 6.07) is 11.2. The fourth-order valence-electron chi connectivity index (χ4n) is 3.22. The molecule has 7 nitrogen and oxygen atoms in total. The molecule has 3 heterocycles. The molecule has 0 atom stereocenters. The van der Waals surface area contributed by atoms with Crippen LogP contribution in [0.15, 0.2) is 48.8 Å². The fraction of sp³-hybridized carbons (Fsp3) is 0.200. The number of amides is 2. The third-order valence-corrected chi connectivity index (χ3v) is 4.60. The number of hydrogen-bond donors (Lipinski definition) is 2. The first-order chi connectivity index (χ1) is 13.1. The molecule has 1 aromatic carbocycles. The first-order valence-corrected chi connectivity index (χ1v) is 8.75. The van der Waals surface area contributed by atoms with Gasteiger partial charge < -0.3 is 15.5 Å². The van der Waals surface area contributed by atoms with Crippen molar-refractivity contribution in [3.63, 3.8) is 0 Å². The van der Waals surface area contributed by atoms with E-state index in [0.717, 1.165) is 23.2 Å². The van der Waals surface area contributed by atoms with Crippen LogP contribution in [0.5, 0.6) is 0 Å². The lowest BCUT2D eigenvalue weighted by Gasteiger charge is -2.28. The maximum absolute atomic E-state index is 12.8. The third-order valence-electron chi connectivity index (χ3n) is 4.60. The average molecular weight is 361 g/mol. The van der Waals surface area contributed by atoms with Gasteiger partial charge in [0.2, 0.25) is 5.91 Å². The molecular weight excluding hydrogens is 342 g/mol. The molecular formula is C20H19N5O2. The number of benzene rings is 1. The van der Waals surface area contributed by atoms with Gasteiger partial charge in [-0.05, 0) is 30.7 Å². The maximum atomic E-state index is 12.8. The van der Waals surface area contributed by atoms with Crippen molar-refractivity contribution < 1.29 is 9.59 Å². The molecule has 0 radical (unpaired) electrons. The molecule has 4 rings (SSSR count). The van der Waals surface area contributed by atoms with E-state index < -0.39 is 0 Å². The van der Waals surface area contributed by atoms with Gasteiger partial charge in [-0.25, -0.2) is 4.98 Å². The van der Waals surface area contributed by atoms with Crippen LogP contribution < -0.4 is 15.5 Å². The summed E-state index contributed by atoms with van der Waals surface area (Å²) in [5.74, 6) is 0.213. The standard InChI is InChI=1S/C20H19N5O2/c1-13-4-5-14-3-2-8-22-19(14)18(13)20(27)24-16-7-6-15(11-23-16)25-10-9-21-17(26)12-25/h2-8,11H,9-10,12H2,1H3,(H,21,26)(H,23,24,27). The molecule has 3 aromatic rings. The van der Waals surface area contributed by atoms with Crippen LogP contribution in [-0.2, 0) is 4.79 Å². The van der Waals surface area contributed by atoms with E-state index in [1.54, 1.807) is 18.5 Å². The summed E-state index contributed by atoms with van der Waals surface area (Å²) >= 11 is 0. The molecule has 0 spiro atoms. The Balaban J connectivity index is 1.55. The average Bonchev–Trinajstić information content (AvgIpc) is 2.68. The van der Waals surface area contributed by atoms with Crippen LogP contribution in [0.25, 0.3) is 10.9 Å². The number of anilines is 2. The van der Waals surface area contributed by atoms with Gasteiger partial charge in [-0.2, -0.15) is 0 Å². The van der Waals surface area contributed by atoms with E-state index in [9.17, 15) is 9.59 Å². The zero-order valence-electron chi connectivity index (χ0n) is 14.9. The first-order valence-electron chi connectivity index (χ1n) is 8.75. The molecule has 7 heteroatoms. The second-order valence-corrected chi connectivity index (χ2v) is 6.46. The van der Waals surface area contributed by atoms with Crippen LogP contribution in [0.1, 0.15) is 15.9 Å². The molecule has 27 heavy (non-hydrogen) atoms. The van der Waals surface area contributed by atoms with Gasteiger partial charge in [0.15, 0.2) is 0 Å². The van der Waals surface area contributed by atoms with Crippen molar-refractivity contribution in [3.8, 4) is 0 Å². The van der Waals surface area contributed by atoms with Crippen LogP contribution in [-0.4, -0.2) is 41.4 Å². The highest BCUT2D eigenvalue weighted by atomic mass is 16.2. The van der Waals surface area contributed by atoms with Gasteiger partial charge >= 0.3 is 0 Å². The molecule has 0 saturated carbocycles. The maximum Gasteiger partial charge on any atom is 0.259 e. The molecule has 136 valence electrons. The highest BCUT2D eigenvalue weighted by molar-refractivity contribution is 6.12. The second-order valence-electron chi connectivity index (χ2n) is 6.46. The highest BCUT2D eigenvalue weighted by Gasteiger charge is 2.18. The van der Waals surface area contributed by atoms with Crippen LogP contribution in [0.4, 0.5) is 11.5 Å². The topological polar surface area (TPSA) is 87.2 Å².